The lowest BCUT2D eigenvalue weighted by atomic mass is 10.1. The maximum atomic E-state index is 12.3. The fraction of sp³-hybridized carbons (Fsp3) is 0.333. The van der Waals surface area contributed by atoms with E-state index in [0.717, 1.165) is 6.42 Å². The lowest BCUT2D eigenvalue weighted by Crippen LogP contribution is -2.48. The molecule has 1 aliphatic heterocycles. The minimum atomic E-state index is -0.581. The molecule has 3 N–H and O–H groups in total. The average Bonchev–Trinajstić information content (AvgIpc) is 2.95. The summed E-state index contributed by atoms with van der Waals surface area (Å²) in [4.78, 5) is 35.3. The van der Waals surface area contributed by atoms with Crippen LogP contribution in [-0.2, 0) is 4.79 Å². The summed E-state index contributed by atoms with van der Waals surface area (Å²) in [6, 6.07) is 4.72. The highest BCUT2D eigenvalue weighted by atomic mass is 16.6. The number of hydrogen-bond donors (Lipinski definition) is 2. The van der Waals surface area contributed by atoms with Crippen LogP contribution in [-0.4, -0.2) is 34.2 Å². The number of likely N-dealkylation sites (tertiary alicyclic amines) is 1. The Morgan fingerprint density at radius 2 is 2.00 bits per heavy atom. The Morgan fingerprint density at radius 3 is 2.55 bits per heavy atom. The molecule has 0 aliphatic carbocycles. The van der Waals surface area contributed by atoms with Gasteiger partial charge in [0.05, 0.1) is 4.92 Å². The second-order valence-corrected chi connectivity index (χ2v) is 4.47. The van der Waals surface area contributed by atoms with Crippen LogP contribution in [0.25, 0.3) is 0 Å². The van der Waals surface area contributed by atoms with Gasteiger partial charge in [-0.25, -0.2) is 5.84 Å². The molecule has 1 aromatic carbocycles. The van der Waals surface area contributed by atoms with E-state index in [9.17, 15) is 19.7 Å². The van der Waals surface area contributed by atoms with Crippen molar-refractivity contribution in [3.8, 4) is 0 Å². The maximum absolute atomic E-state index is 12.3. The van der Waals surface area contributed by atoms with Crippen molar-refractivity contribution in [3.05, 3.63) is 39.9 Å². The highest BCUT2D eigenvalue weighted by Gasteiger charge is 2.34. The topological polar surface area (TPSA) is 119 Å². The zero-order valence-corrected chi connectivity index (χ0v) is 10.6. The minimum Gasteiger partial charge on any atom is -0.327 e. The van der Waals surface area contributed by atoms with Crippen molar-refractivity contribution in [3.63, 3.8) is 0 Å². The summed E-state index contributed by atoms with van der Waals surface area (Å²) < 4.78 is 0. The van der Waals surface area contributed by atoms with Crippen LogP contribution in [0.3, 0.4) is 0 Å². The van der Waals surface area contributed by atoms with Gasteiger partial charge in [0.1, 0.15) is 6.04 Å². The predicted octanol–water partition coefficient (Wildman–Crippen LogP) is 0.189. The lowest BCUT2D eigenvalue weighted by molar-refractivity contribution is -0.384. The summed E-state index contributed by atoms with van der Waals surface area (Å²) in [5, 5.41) is 10.6. The molecule has 8 nitrogen and oxygen atoms in total. The Balaban J connectivity index is 2.18. The first-order valence-corrected chi connectivity index (χ1v) is 6.10. The van der Waals surface area contributed by atoms with Crippen LogP contribution in [0.1, 0.15) is 23.2 Å². The number of nitro benzene ring substituents is 1. The van der Waals surface area contributed by atoms with Crippen molar-refractivity contribution in [2.75, 3.05) is 6.54 Å². The predicted molar refractivity (Wildman–Crippen MR) is 69.5 cm³/mol. The molecule has 0 radical (unpaired) electrons. The summed E-state index contributed by atoms with van der Waals surface area (Å²) in [7, 11) is 0. The molecule has 0 saturated carbocycles. The van der Waals surface area contributed by atoms with Gasteiger partial charge >= 0.3 is 0 Å². The number of carbonyl (C=O) groups is 2. The molecule has 1 heterocycles. The number of nitrogens with one attached hydrogen (secondary N) is 1. The van der Waals surface area contributed by atoms with Crippen molar-refractivity contribution < 1.29 is 14.5 Å². The van der Waals surface area contributed by atoms with Crippen molar-refractivity contribution in [2.45, 2.75) is 18.9 Å². The zero-order valence-electron chi connectivity index (χ0n) is 10.6. The molecule has 1 aliphatic rings. The molecule has 8 heteroatoms. The van der Waals surface area contributed by atoms with Gasteiger partial charge in [0, 0.05) is 24.2 Å². The highest BCUT2D eigenvalue weighted by Crippen LogP contribution is 2.21. The van der Waals surface area contributed by atoms with Gasteiger partial charge in [0.15, 0.2) is 0 Å². The van der Waals surface area contributed by atoms with E-state index in [2.05, 4.69) is 0 Å². The standard InChI is InChI=1S/C12H14N4O4/c13-14-11(17)10-2-1-7-15(10)12(18)8-3-5-9(6-4-8)16(19)20/h3-6,10H,1-2,7,13H2,(H,14,17). The Kier molecular flexibility index (Phi) is 3.94. The summed E-state index contributed by atoms with van der Waals surface area (Å²) in [5.41, 5.74) is 2.27. The smallest absolute Gasteiger partial charge is 0.269 e. The minimum absolute atomic E-state index is 0.0841. The average molecular weight is 278 g/mol. The first-order chi connectivity index (χ1) is 9.54. The largest absolute Gasteiger partial charge is 0.327 e. The zero-order chi connectivity index (χ0) is 14.7. The van der Waals surface area contributed by atoms with Crippen molar-refractivity contribution in [1.29, 1.82) is 0 Å². The molecule has 1 atom stereocenters. The number of non-ortho nitro benzene ring substituents is 1. The maximum Gasteiger partial charge on any atom is 0.269 e. The summed E-state index contributed by atoms with van der Waals surface area (Å²) >= 11 is 0. The van der Waals surface area contributed by atoms with Gasteiger partial charge in [-0.05, 0) is 25.0 Å². The fourth-order valence-electron chi connectivity index (χ4n) is 2.27. The molecule has 0 aromatic heterocycles. The van der Waals surface area contributed by atoms with E-state index in [1.807, 2.05) is 5.43 Å². The number of hydrogen-bond acceptors (Lipinski definition) is 5. The first-order valence-electron chi connectivity index (χ1n) is 6.10. The third-order valence-corrected chi connectivity index (χ3v) is 3.28. The van der Waals surface area contributed by atoms with E-state index < -0.39 is 16.9 Å². The van der Waals surface area contributed by atoms with Gasteiger partial charge in [-0.15, -0.1) is 0 Å². The van der Waals surface area contributed by atoms with Crippen LogP contribution < -0.4 is 11.3 Å². The lowest BCUT2D eigenvalue weighted by Gasteiger charge is -2.23. The second kappa shape index (κ2) is 5.66. The van der Waals surface area contributed by atoms with E-state index in [1.54, 1.807) is 0 Å². The Labute approximate surface area is 114 Å². The van der Waals surface area contributed by atoms with E-state index in [-0.39, 0.29) is 11.6 Å². The van der Waals surface area contributed by atoms with Crippen LogP contribution in [0.2, 0.25) is 0 Å². The quantitative estimate of drug-likeness (QED) is 0.354. The molecule has 0 spiro atoms. The third-order valence-electron chi connectivity index (χ3n) is 3.28. The van der Waals surface area contributed by atoms with Crippen LogP contribution in [0.5, 0.6) is 0 Å². The van der Waals surface area contributed by atoms with Crippen LogP contribution in [0, 0.1) is 10.1 Å². The van der Waals surface area contributed by atoms with Gasteiger partial charge in [0.25, 0.3) is 17.5 Å². The molecule has 2 rings (SSSR count). The fourth-order valence-corrected chi connectivity index (χ4v) is 2.27. The van der Waals surface area contributed by atoms with Crippen LogP contribution in [0.15, 0.2) is 24.3 Å². The van der Waals surface area contributed by atoms with Gasteiger partial charge in [-0.3, -0.25) is 25.1 Å². The Morgan fingerprint density at radius 1 is 1.35 bits per heavy atom. The monoisotopic (exact) mass is 278 g/mol. The number of nitrogens with two attached hydrogens (primary N) is 1. The summed E-state index contributed by atoms with van der Waals surface area (Å²) in [5.74, 6) is 4.36. The van der Waals surface area contributed by atoms with E-state index in [0.29, 0.717) is 18.5 Å². The second-order valence-electron chi connectivity index (χ2n) is 4.47. The highest BCUT2D eigenvalue weighted by molar-refractivity contribution is 5.98. The molecular weight excluding hydrogens is 264 g/mol. The molecule has 20 heavy (non-hydrogen) atoms. The number of rotatable bonds is 3. The SMILES string of the molecule is NNC(=O)C1CCCN1C(=O)c1ccc([N+](=O)[O-])cc1. The molecule has 1 unspecified atom stereocenters. The van der Waals surface area contributed by atoms with E-state index in [4.69, 9.17) is 5.84 Å². The van der Waals surface area contributed by atoms with Gasteiger partial charge in [-0.1, -0.05) is 0 Å². The molecule has 2 amide bonds. The summed E-state index contributed by atoms with van der Waals surface area (Å²) in [6.45, 7) is 0.466. The van der Waals surface area contributed by atoms with Gasteiger partial charge in [0.2, 0.25) is 0 Å². The number of benzene rings is 1. The molecule has 1 saturated heterocycles. The Bertz CT molecular complexity index is 543. The van der Waals surface area contributed by atoms with E-state index >= 15 is 0 Å². The number of amides is 2. The number of hydrazine groups is 1. The van der Waals surface area contributed by atoms with Crippen molar-refractivity contribution >= 4 is 17.5 Å². The molecule has 106 valence electrons. The van der Waals surface area contributed by atoms with Crippen molar-refractivity contribution in [2.24, 2.45) is 5.84 Å². The Hall–Kier alpha value is -2.48. The molecule has 1 fully saturated rings. The number of carbonyl (C=O) groups excluding carboxylic acids is 2. The van der Waals surface area contributed by atoms with Crippen LogP contribution in [0.4, 0.5) is 5.69 Å². The van der Waals surface area contributed by atoms with Gasteiger partial charge in [-0.2, -0.15) is 0 Å². The van der Waals surface area contributed by atoms with E-state index in [1.165, 1.54) is 29.2 Å². The van der Waals surface area contributed by atoms with Crippen molar-refractivity contribution in [1.82, 2.24) is 10.3 Å². The van der Waals surface area contributed by atoms with Crippen LogP contribution >= 0.6 is 0 Å². The first kappa shape index (κ1) is 13.9. The summed E-state index contributed by atoms with van der Waals surface area (Å²) in [6.07, 6.45) is 1.28. The molecule has 1 aromatic rings. The third kappa shape index (κ3) is 2.59. The molecular formula is C12H14N4O4. The molecule has 0 bridgehead atoms. The number of nitrogens with zero attached hydrogens (tertiary/aromatic N) is 2. The normalized spacial score (nSPS) is 17.9. The van der Waals surface area contributed by atoms with Gasteiger partial charge < -0.3 is 4.90 Å². The number of nitro groups is 1.